The SMILES string of the molecule is CC(C)(Cc1cccc(Br)c1)OC(=O)OC(=O)[C@@H](N)CC(=O)O. The average molecular weight is 388 g/mol. The number of ether oxygens (including phenoxy) is 2. The van der Waals surface area contributed by atoms with Crippen LogP contribution in [0, 0.1) is 0 Å². The van der Waals surface area contributed by atoms with Gasteiger partial charge in [0, 0.05) is 10.9 Å². The first-order valence-corrected chi connectivity index (χ1v) is 7.55. The molecule has 1 aromatic rings. The smallest absolute Gasteiger partial charge is 0.481 e. The van der Waals surface area contributed by atoms with E-state index in [4.69, 9.17) is 15.6 Å². The number of hydrogen-bond donors (Lipinski definition) is 2. The maximum Gasteiger partial charge on any atom is 0.516 e. The molecule has 0 aliphatic heterocycles. The molecule has 3 N–H and O–H groups in total. The summed E-state index contributed by atoms with van der Waals surface area (Å²) in [7, 11) is 0. The van der Waals surface area contributed by atoms with Crippen molar-refractivity contribution in [3.05, 3.63) is 34.3 Å². The average Bonchev–Trinajstić information content (AvgIpc) is 2.35. The number of aliphatic carboxylic acids is 1. The summed E-state index contributed by atoms with van der Waals surface area (Å²) in [6, 6.07) is 6.05. The molecule has 0 bridgehead atoms. The zero-order valence-electron chi connectivity index (χ0n) is 12.7. The second-order valence-corrected chi connectivity index (χ2v) is 6.46. The Labute approximate surface area is 141 Å². The van der Waals surface area contributed by atoms with E-state index in [2.05, 4.69) is 20.7 Å². The van der Waals surface area contributed by atoms with Crippen molar-refractivity contribution in [1.82, 2.24) is 0 Å². The summed E-state index contributed by atoms with van der Waals surface area (Å²) in [5.74, 6) is -2.41. The topological polar surface area (TPSA) is 116 Å². The van der Waals surface area contributed by atoms with Crippen molar-refractivity contribution < 1.29 is 29.0 Å². The second-order valence-electron chi connectivity index (χ2n) is 5.54. The van der Waals surface area contributed by atoms with Crippen LogP contribution < -0.4 is 5.73 Å². The number of hydrogen-bond acceptors (Lipinski definition) is 6. The highest BCUT2D eigenvalue weighted by atomic mass is 79.9. The van der Waals surface area contributed by atoms with Gasteiger partial charge in [0.1, 0.15) is 11.6 Å². The standard InChI is InChI=1S/C15H18BrNO6/c1-15(2,8-9-4-3-5-10(16)6-9)23-14(21)22-13(20)11(17)7-12(18)19/h3-6,11H,7-8,17H2,1-2H3,(H,18,19)/t11-/m0/s1. The lowest BCUT2D eigenvalue weighted by Crippen LogP contribution is -2.38. The molecule has 7 nitrogen and oxygen atoms in total. The van der Waals surface area contributed by atoms with E-state index in [1.807, 2.05) is 24.3 Å². The molecule has 0 aliphatic rings. The molecule has 1 atom stereocenters. The van der Waals surface area contributed by atoms with Gasteiger partial charge in [-0.25, -0.2) is 9.59 Å². The molecule has 0 radical (unpaired) electrons. The predicted molar refractivity (Wildman–Crippen MR) is 84.7 cm³/mol. The largest absolute Gasteiger partial charge is 0.516 e. The lowest BCUT2D eigenvalue weighted by Gasteiger charge is -2.24. The van der Waals surface area contributed by atoms with E-state index in [9.17, 15) is 14.4 Å². The molecule has 23 heavy (non-hydrogen) atoms. The molecule has 0 aromatic heterocycles. The van der Waals surface area contributed by atoms with Crippen molar-refractivity contribution in [2.45, 2.75) is 38.3 Å². The van der Waals surface area contributed by atoms with Crippen LogP contribution in [-0.4, -0.2) is 34.8 Å². The highest BCUT2D eigenvalue weighted by Crippen LogP contribution is 2.20. The van der Waals surface area contributed by atoms with Crippen molar-refractivity contribution in [2.24, 2.45) is 5.73 Å². The third kappa shape index (κ3) is 7.25. The minimum absolute atomic E-state index is 0.400. The molecule has 0 saturated carbocycles. The van der Waals surface area contributed by atoms with Crippen LogP contribution >= 0.6 is 15.9 Å². The van der Waals surface area contributed by atoms with E-state index in [-0.39, 0.29) is 0 Å². The molecule has 8 heteroatoms. The Morgan fingerprint density at radius 3 is 2.57 bits per heavy atom. The maximum absolute atomic E-state index is 11.6. The summed E-state index contributed by atoms with van der Waals surface area (Å²) in [5, 5.41) is 8.53. The van der Waals surface area contributed by atoms with Gasteiger partial charge in [0.05, 0.1) is 6.42 Å². The molecule has 126 valence electrons. The first kappa shape index (κ1) is 19.1. The Balaban J connectivity index is 2.57. The van der Waals surface area contributed by atoms with Crippen LogP contribution in [0.4, 0.5) is 4.79 Å². The predicted octanol–water partition coefficient (Wildman–Crippen LogP) is 2.25. The number of carbonyl (C=O) groups is 3. The number of carboxylic acid groups (broad SMARTS) is 1. The molecule has 0 unspecified atom stereocenters. The van der Waals surface area contributed by atoms with E-state index >= 15 is 0 Å². The van der Waals surface area contributed by atoms with Crippen molar-refractivity contribution >= 4 is 34.0 Å². The maximum atomic E-state index is 11.6. The van der Waals surface area contributed by atoms with E-state index in [0.29, 0.717) is 6.42 Å². The summed E-state index contributed by atoms with van der Waals surface area (Å²) in [4.78, 5) is 33.6. The molecule has 0 amide bonds. The van der Waals surface area contributed by atoms with Crippen LogP contribution in [0.1, 0.15) is 25.8 Å². The van der Waals surface area contributed by atoms with E-state index in [0.717, 1.165) is 10.0 Å². The van der Waals surface area contributed by atoms with Gasteiger partial charge in [-0.05, 0) is 31.5 Å². The van der Waals surface area contributed by atoms with Gasteiger partial charge in [0.25, 0.3) is 0 Å². The molecule has 1 rings (SSSR count). The minimum Gasteiger partial charge on any atom is -0.481 e. The second kappa shape index (κ2) is 8.07. The van der Waals surface area contributed by atoms with E-state index < -0.39 is 36.2 Å². The van der Waals surface area contributed by atoms with Crippen molar-refractivity contribution in [2.75, 3.05) is 0 Å². The number of rotatable bonds is 6. The van der Waals surface area contributed by atoms with E-state index in [1.54, 1.807) is 13.8 Å². The summed E-state index contributed by atoms with van der Waals surface area (Å²) in [6.07, 6.45) is -1.44. The molecule has 1 aromatic carbocycles. The normalized spacial score (nSPS) is 12.3. The monoisotopic (exact) mass is 387 g/mol. The molecule has 0 heterocycles. The fourth-order valence-corrected chi connectivity index (χ4v) is 2.30. The van der Waals surface area contributed by atoms with Gasteiger partial charge in [0.15, 0.2) is 0 Å². The fraction of sp³-hybridized carbons (Fsp3) is 0.400. The molecular weight excluding hydrogens is 370 g/mol. The summed E-state index contributed by atoms with van der Waals surface area (Å²) in [5.41, 5.74) is 5.30. The molecule has 0 spiro atoms. The highest BCUT2D eigenvalue weighted by Gasteiger charge is 2.28. The highest BCUT2D eigenvalue weighted by molar-refractivity contribution is 9.10. The zero-order valence-corrected chi connectivity index (χ0v) is 14.3. The first-order chi connectivity index (χ1) is 10.6. The van der Waals surface area contributed by atoms with Gasteiger partial charge in [-0.3, -0.25) is 4.79 Å². The number of carboxylic acids is 1. The van der Waals surface area contributed by atoms with Crippen molar-refractivity contribution in [1.29, 1.82) is 0 Å². The van der Waals surface area contributed by atoms with Crippen molar-refractivity contribution in [3.63, 3.8) is 0 Å². The summed E-state index contributed by atoms with van der Waals surface area (Å²) < 4.78 is 10.4. The van der Waals surface area contributed by atoms with Gasteiger partial charge in [-0.2, -0.15) is 0 Å². The van der Waals surface area contributed by atoms with Gasteiger partial charge in [-0.1, -0.05) is 28.1 Å². The van der Waals surface area contributed by atoms with Crippen LogP contribution in [0.2, 0.25) is 0 Å². The van der Waals surface area contributed by atoms with E-state index in [1.165, 1.54) is 0 Å². The molecule has 0 fully saturated rings. The number of nitrogens with two attached hydrogens (primary N) is 1. The van der Waals surface area contributed by atoms with Crippen LogP contribution in [0.3, 0.4) is 0 Å². The Morgan fingerprint density at radius 1 is 1.35 bits per heavy atom. The van der Waals surface area contributed by atoms with Crippen LogP contribution in [0.25, 0.3) is 0 Å². The van der Waals surface area contributed by atoms with Crippen LogP contribution in [-0.2, 0) is 25.5 Å². The quantitative estimate of drug-likeness (QED) is 0.567. The van der Waals surface area contributed by atoms with Crippen LogP contribution in [0.15, 0.2) is 28.7 Å². The summed E-state index contributed by atoms with van der Waals surface area (Å²) >= 11 is 3.35. The lowest BCUT2D eigenvalue weighted by atomic mass is 9.98. The zero-order chi connectivity index (χ0) is 17.6. The number of benzene rings is 1. The Hall–Kier alpha value is -1.93. The number of halogens is 1. The van der Waals surface area contributed by atoms with Gasteiger partial charge in [0.2, 0.25) is 0 Å². The lowest BCUT2D eigenvalue weighted by molar-refractivity contribution is -0.148. The fourth-order valence-electron chi connectivity index (χ4n) is 1.85. The molecular formula is C15H18BrNO6. The first-order valence-electron chi connectivity index (χ1n) is 6.75. The third-order valence-corrected chi connectivity index (χ3v) is 3.25. The third-order valence-electron chi connectivity index (χ3n) is 2.76. The Morgan fingerprint density at radius 2 is 2.00 bits per heavy atom. The van der Waals surface area contributed by atoms with Gasteiger partial charge in [-0.15, -0.1) is 0 Å². The summed E-state index contributed by atoms with van der Waals surface area (Å²) in [6.45, 7) is 3.33. The molecule has 0 saturated heterocycles. The number of esters is 1. The Kier molecular flexibility index (Phi) is 6.71. The minimum atomic E-state index is -1.42. The van der Waals surface area contributed by atoms with Crippen molar-refractivity contribution in [3.8, 4) is 0 Å². The number of carbonyl (C=O) groups excluding carboxylic acids is 2. The van der Waals surface area contributed by atoms with Crippen LogP contribution in [0.5, 0.6) is 0 Å². The molecule has 0 aliphatic carbocycles. The Bertz CT molecular complexity index is 601. The van der Waals surface area contributed by atoms with Gasteiger partial charge >= 0.3 is 18.1 Å². The van der Waals surface area contributed by atoms with Gasteiger partial charge < -0.3 is 20.3 Å².